The van der Waals surface area contributed by atoms with Crippen molar-refractivity contribution < 1.29 is 4.74 Å². The topological polar surface area (TPSA) is 84.8 Å². The maximum atomic E-state index is 12.5. The van der Waals surface area contributed by atoms with E-state index in [1.54, 1.807) is 16.9 Å². The highest BCUT2D eigenvalue weighted by Gasteiger charge is 2.20. The van der Waals surface area contributed by atoms with Crippen molar-refractivity contribution in [3.05, 3.63) is 81.2 Å². The molecule has 0 atom stereocenters. The van der Waals surface area contributed by atoms with Gasteiger partial charge in [-0.25, -0.2) is 4.68 Å². The third-order valence-corrected chi connectivity index (χ3v) is 5.17. The van der Waals surface area contributed by atoms with Crippen LogP contribution in [0.4, 0.5) is 5.95 Å². The van der Waals surface area contributed by atoms with Crippen LogP contribution in [0.25, 0.3) is 11.0 Å². The van der Waals surface area contributed by atoms with Gasteiger partial charge in [0.1, 0.15) is 17.7 Å². The number of ether oxygens (including phenoxy) is 1. The van der Waals surface area contributed by atoms with Gasteiger partial charge in [-0.1, -0.05) is 48.0 Å². The van der Waals surface area contributed by atoms with E-state index in [9.17, 15) is 4.79 Å². The van der Waals surface area contributed by atoms with E-state index in [1.807, 2.05) is 63.2 Å². The Labute approximate surface area is 185 Å². The molecule has 0 unspecified atom stereocenters. The van der Waals surface area contributed by atoms with E-state index in [4.69, 9.17) is 16.3 Å². The molecule has 2 aromatic heterocycles. The Kier molecular flexibility index (Phi) is 5.69. The molecule has 7 nitrogen and oxygen atoms in total. The van der Waals surface area contributed by atoms with Crippen LogP contribution in [-0.2, 0) is 18.7 Å². The minimum Gasteiger partial charge on any atom is -0.487 e. The molecular formula is C23H24ClN5O2. The summed E-state index contributed by atoms with van der Waals surface area (Å²) in [5.74, 6) is 1.03. The van der Waals surface area contributed by atoms with Crippen LogP contribution in [0.15, 0.2) is 59.5 Å². The lowest BCUT2D eigenvalue weighted by molar-refractivity contribution is 0.305. The van der Waals surface area contributed by atoms with Crippen molar-refractivity contribution in [3.63, 3.8) is 0 Å². The predicted molar refractivity (Wildman–Crippen MR) is 123 cm³/mol. The first-order chi connectivity index (χ1) is 14.8. The van der Waals surface area contributed by atoms with Gasteiger partial charge in [-0.3, -0.25) is 9.78 Å². The zero-order chi connectivity index (χ0) is 22.0. The second kappa shape index (κ2) is 8.43. The van der Waals surface area contributed by atoms with Crippen molar-refractivity contribution in [2.24, 2.45) is 0 Å². The fraction of sp³-hybridized carbons (Fsp3) is 0.261. The lowest BCUT2D eigenvalue weighted by Gasteiger charge is -2.19. The number of para-hydroxylation sites is 1. The smallest absolute Gasteiger partial charge is 0.263 e. The molecule has 0 fully saturated rings. The second-order valence-electron chi connectivity index (χ2n) is 8.22. The number of fused-ring (bicyclic) bond motifs is 1. The molecule has 0 saturated heterocycles. The first kappa shape index (κ1) is 20.9. The summed E-state index contributed by atoms with van der Waals surface area (Å²) < 4.78 is 7.65. The summed E-state index contributed by atoms with van der Waals surface area (Å²) in [5, 5.41) is 8.60. The first-order valence-electron chi connectivity index (χ1n) is 9.99. The van der Waals surface area contributed by atoms with Gasteiger partial charge in [0.05, 0.1) is 16.8 Å². The van der Waals surface area contributed by atoms with Gasteiger partial charge in [0.25, 0.3) is 5.56 Å². The Bertz CT molecular complexity index is 1270. The van der Waals surface area contributed by atoms with Gasteiger partial charge in [-0.05, 0) is 44.0 Å². The fourth-order valence-electron chi connectivity index (χ4n) is 3.26. The molecule has 2 heterocycles. The Morgan fingerprint density at radius 1 is 1.10 bits per heavy atom. The normalized spacial score (nSPS) is 11.6. The summed E-state index contributed by atoms with van der Waals surface area (Å²) in [5.41, 5.74) is 2.08. The van der Waals surface area contributed by atoms with Crippen LogP contribution < -0.4 is 15.6 Å². The number of hydrogen-bond acceptors (Lipinski definition) is 5. The summed E-state index contributed by atoms with van der Waals surface area (Å²) in [6.45, 7) is 6.90. The Morgan fingerprint density at radius 3 is 2.55 bits per heavy atom. The molecule has 31 heavy (non-hydrogen) atoms. The average molecular weight is 438 g/mol. The second-order valence-corrected chi connectivity index (χ2v) is 8.63. The molecule has 0 bridgehead atoms. The molecule has 8 heteroatoms. The van der Waals surface area contributed by atoms with Crippen molar-refractivity contribution in [1.82, 2.24) is 19.7 Å². The van der Waals surface area contributed by atoms with E-state index in [-0.39, 0.29) is 11.1 Å². The molecule has 0 saturated carbocycles. The highest BCUT2D eigenvalue weighted by atomic mass is 35.5. The lowest BCUT2D eigenvalue weighted by Crippen LogP contribution is -2.24. The fourth-order valence-corrected chi connectivity index (χ4v) is 3.45. The average Bonchev–Trinajstić information content (AvgIpc) is 3.17. The molecule has 160 valence electrons. The van der Waals surface area contributed by atoms with Gasteiger partial charge in [0.2, 0.25) is 5.95 Å². The summed E-state index contributed by atoms with van der Waals surface area (Å²) in [6, 6.07) is 15.3. The van der Waals surface area contributed by atoms with E-state index in [0.29, 0.717) is 40.9 Å². The predicted octanol–water partition coefficient (Wildman–Crippen LogP) is 4.72. The zero-order valence-corrected chi connectivity index (χ0v) is 18.4. The molecule has 0 aliphatic heterocycles. The lowest BCUT2D eigenvalue weighted by atomic mass is 10.1. The molecular weight excluding hydrogens is 414 g/mol. The third kappa shape index (κ3) is 4.56. The van der Waals surface area contributed by atoms with Crippen LogP contribution >= 0.6 is 11.6 Å². The SMILES string of the molecule is CC(C)(C)n1ncc2c(=O)[nH]c(NCc3ccccc3COc3ccccc3Cl)nc21. The van der Waals surface area contributed by atoms with Gasteiger partial charge in [-0.15, -0.1) is 0 Å². The van der Waals surface area contributed by atoms with Crippen LogP contribution in [-0.4, -0.2) is 19.7 Å². The van der Waals surface area contributed by atoms with Crippen LogP contribution in [0, 0.1) is 0 Å². The number of rotatable bonds is 6. The van der Waals surface area contributed by atoms with Gasteiger partial charge in [0, 0.05) is 6.54 Å². The summed E-state index contributed by atoms with van der Waals surface area (Å²) >= 11 is 6.18. The largest absolute Gasteiger partial charge is 0.487 e. The van der Waals surface area contributed by atoms with Crippen LogP contribution in [0.2, 0.25) is 5.02 Å². The summed E-state index contributed by atoms with van der Waals surface area (Å²) in [6.07, 6.45) is 1.55. The van der Waals surface area contributed by atoms with Crippen molar-refractivity contribution in [2.45, 2.75) is 39.5 Å². The standard InChI is InChI=1S/C23H24ClN5O2/c1-23(2,3)29-20-17(13-26-29)21(30)28-22(27-20)25-12-15-8-4-5-9-16(15)14-31-19-11-7-6-10-18(19)24/h4-11,13H,12,14H2,1-3H3,(H2,25,27,28,30). The molecule has 4 aromatic rings. The number of halogens is 1. The van der Waals surface area contributed by atoms with Crippen molar-refractivity contribution in [1.29, 1.82) is 0 Å². The Hall–Kier alpha value is -3.32. The van der Waals surface area contributed by atoms with Gasteiger partial charge in [-0.2, -0.15) is 10.1 Å². The van der Waals surface area contributed by atoms with Gasteiger partial charge >= 0.3 is 0 Å². The minimum absolute atomic E-state index is 0.224. The van der Waals surface area contributed by atoms with Crippen molar-refractivity contribution >= 4 is 28.6 Å². The monoisotopic (exact) mass is 437 g/mol. The van der Waals surface area contributed by atoms with E-state index in [2.05, 4.69) is 20.4 Å². The Morgan fingerprint density at radius 2 is 1.81 bits per heavy atom. The van der Waals surface area contributed by atoms with E-state index >= 15 is 0 Å². The number of benzene rings is 2. The molecule has 2 N–H and O–H groups in total. The van der Waals surface area contributed by atoms with Crippen molar-refractivity contribution in [2.75, 3.05) is 5.32 Å². The Balaban J connectivity index is 1.54. The number of nitrogens with zero attached hydrogens (tertiary/aromatic N) is 3. The van der Waals surface area contributed by atoms with Crippen LogP contribution in [0.1, 0.15) is 31.9 Å². The number of aromatic amines is 1. The highest BCUT2D eigenvalue weighted by molar-refractivity contribution is 6.32. The number of nitrogens with one attached hydrogen (secondary N) is 2. The maximum absolute atomic E-state index is 12.5. The molecule has 0 amide bonds. The van der Waals surface area contributed by atoms with E-state index < -0.39 is 0 Å². The summed E-state index contributed by atoms with van der Waals surface area (Å²) in [4.78, 5) is 19.9. The summed E-state index contributed by atoms with van der Waals surface area (Å²) in [7, 11) is 0. The first-order valence-corrected chi connectivity index (χ1v) is 10.4. The zero-order valence-electron chi connectivity index (χ0n) is 17.6. The molecule has 0 aliphatic carbocycles. The van der Waals surface area contributed by atoms with Crippen LogP contribution in [0.3, 0.4) is 0 Å². The highest BCUT2D eigenvalue weighted by Crippen LogP contribution is 2.25. The number of anilines is 1. The maximum Gasteiger partial charge on any atom is 0.263 e. The molecule has 0 aliphatic rings. The minimum atomic E-state index is -0.289. The number of hydrogen-bond donors (Lipinski definition) is 2. The number of H-pyrrole nitrogens is 1. The number of aromatic nitrogens is 4. The van der Waals surface area contributed by atoms with E-state index in [1.165, 1.54) is 0 Å². The quantitative estimate of drug-likeness (QED) is 0.456. The molecule has 0 spiro atoms. The molecule has 4 rings (SSSR count). The van der Waals surface area contributed by atoms with Crippen molar-refractivity contribution in [3.8, 4) is 5.75 Å². The van der Waals surface area contributed by atoms with Gasteiger partial charge in [0.15, 0.2) is 5.65 Å². The molecule has 0 radical (unpaired) electrons. The van der Waals surface area contributed by atoms with Gasteiger partial charge < -0.3 is 10.1 Å². The van der Waals surface area contributed by atoms with E-state index in [0.717, 1.165) is 11.1 Å². The molecule has 2 aromatic carbocycles. The third-order valence-electron chi connectivity index (χ3n) is 4.86. The van der Waals surface area contributed by atoms with Crippen LogP contribution in [0.5, 0.6) is 5.75 Å².